The molecule has 0 amide bonds. The first kappa shape index (κ1) is 27.3. The fourth-order valence-electron chi connectivity index (χ4n) is 3.67. The molecular formula is C23H16BrF3IN3O5. The lowest BCUT2D eigenvalue weighted by Crippen LogP contribution is -2.41. The molecule has 2 N–H and O–H groups in total. The van der Waals surface area contributed by atoms with Crippen molar-refractivity contribution in [3.8, 4) is 11.8 Å². The molecule has 3 rings (SSSR count). The minimum Gasteiger partial charge on any atom is -0.466 e. The van der Waals surface area contributed by atoms with E-state index in [1.807, 2.05) is 28.7 Å². The third kappa shape index (κ3) is 5.29. The third-order valence-electron chi connectivity index (χ3n) is 5.07. The average molecular weight is 678 g/mol. The van der Waals surface area contributed by atoms with Crippen molar-refractivity contribution in [3.05, 3.63) is 78.7 Å². The first-order valence-corrected chi connectivity index (χ1v) is 11.7. The van der Waals surface area contributed by atoms with Crippen LogP contribution in [0.5, 0.6) is 5.75 Å². The topological polar surface area (TPSA) is 115 Å². The molecule has 36 heavy (non-hydrogen) atoms. The SMILES string of the molecule is COC(=O)C1=C(C(=O)OC)N(c2cc(OC(F)(F)F)cc(Br)c2I)C(N)=C(C#N)C1c1ccccc1. The van der Waals surface area contributed by atoms with E-state index in [1.54, 1.807) is 30.3 Å². The summed E-state index contributed by atoms with van der Waals surface area (Å²) in [5.74, 6) is -4.06. The summed E-state index contributed by atoms with van der Waals surface area (Å²) in [5, 5.41) is 10.1. The lowest BCUT2D eigenvalue weighted by molar-refractivity contribution is -0.274. The van der Waals surface area contributed by atoms with E-state index in [0.717, 1.165) is 31.3 Å². The number of carbonyl (C=O) groups excluding carboxylic acids is 2. The number of allylic oxidation sites excluding steroid dienone is 1. The number of nitrogens with zero attached hydrogens (tertiary/aromatic N) is 2. The Bertz CT molecular complexity index is 1320. The number of hydrogen-bond donors (Lipinski definition) is 1. The van der Waals surface area contributed by atoms with Crippen LogP contribution >= 0.6 is 38.5 Å². The molecule has 1 unspecified atom stereocenters. The van der Waals surface area contributed by atoms with Crippen molar-refractivity contribution in [2.45, 2.75) is 12.3 Å². The largest absolute Gasteiger partial charge is 0.573 e. The Morgan fingerprint density at radius 3 is 2.28 bits per heavy atom. The van der Waals surface area contributed by atoms with Crippen molar-refractivity contribution < 1.29 is 37.0 Å². The van der Waals surface area contributed by atoms with Gasteiger partial charge in [0.25, 0.3) is 0 Å². The van der Waals surface area contributed by atoms with Crippen molar-refractivity contribution >= 4 is 56.1 Å². The second-order valence-corrected chi connectivity index (χ2v) is 9.05. The summed E-state index contributed by atoms with van der Waals surface area (Å²) in [4.78, 5) is 27.1. The van der Waals surface area contributed by atoms with Crippen LogP contribution in [0.15, 0.2) is 69.6 Å². The van der Waals surface area contributed by atoms with Crippen molar-refractivity contribution in [2.24, 2.45) is 5.73 Å². The quantitative estimate of drug-likeness (QED) is 0.353. The van der Waals surface area contributed by atoms with Crippen molar-refractivity contribution in [3.63, 3.8) is 0 Å². The molecule has 2 aromatic carbocycles. The summed E-state index contributed by atoms with van der Waals surface area (Å²) in [6, 6.07) is 12.3. The van der Waals surface area contributed by atoms with Crippen LogP contribution < -0.4 is 15.4 Å². The number of halogens is 5. The smallest absolute Gasteiger partial charge is 0.466 e. The van der Waals surface area contributed by atoms with E-state index in [-0.39, 0.29) is 27.1 Å². The number of rotatable bonds is 5. The Morgan fingerprint density at radius 2 is 1.75 bits per heavy atom. The number of nitrogens with two attached hydrogens (primary N) is 1. The number of alkyl halides is 3. The van der Waals surface area contributed by atoms with E-state index in [0.29, 0.717) is 9.13 Å². The van der Waals surface area contributed by atoms with Gasteiger partial charge in [0, 0.05) is 10.5 Å². The molecule has 8 nitrogen and oxygen atoms in total. The minimum absolute atomic E-state index is 0.0808. The van der Waals surface area contributed by atoms with E-state index < -0.39 is 35.7 Å². The van der Waals surface area contributed by atoms with Gasteiger partial charge in [-0.3, -0.25) is 4.90 Å². The summed E-state index contributed by atoms with van der Waals surface area (Å²) >= 11 is 4.99. The monoisotopic (exact) mass is 677 g/mol. The van der Waals surface area contributed by atoms with Gasteiger partial charge < -0.3 is 19.9 Å². The molecule has 1 heterocycles. The molecule has 0 spiro atoms. The summed E-state index contributed by atoms with van der Waals surface area (Å²) in [6.45, 7) is 0. The molecule has 0 fully saturated rings. The molecule has 1 aliphatic rings. The van der Waals surface area contributed by atoms with Gasteiger partial charge in [0.1, 0.15) is 17.3 Å². The number of hydrogen-bond acceptors (Lipinski definition) is 8. The second kappa shape index (κ2) is 10.8. The zero-order chi connectivity index (χ0) is 26.8. The maximum absolute atomic E-state index is 13.1. The van der Waals surface area contributed by atoms with Crippen LogP contribution in [0, 0.1) is 14.9 Å². The maximum Gasteiger partial charge on any atom is 0.573 e. The van der Waals surface area contributed by atoms with Gasteiger partial charge in [-0.15, -0.1) is 13.2 Å². The first-order valence-electron chi connectivity index (χ1n) is 9.85. The minimum atomic E-state index is -5.01. The van der Waals surface area contributed by atoms with Crippen LogP contribution in [-0.4, -0.2) is 32.5 Å². The fourth-order valence-corrected chi connectivity index (χ4v) is 4.65. The van der Waals surface area contributed by atoms with Crippen LogP contribution in [0.3, 0.4) is 0 Å². The van der Waals surface area contributed by atoms with Crippen LogP contribution in [0.2, 0.25) is 0 Å². The summed E-state index contributed by atoms with van der Waals surface area (Å²) in [5.41, 5.74) is 5.91. The molecule has 0 aliphatic carbocycles. The number of methoxy groups -OCH3 is 2. The highest BCUT2D eigenvalue weighted by Crippen LogP contribution is 2.46. The number of esters is 2. The highest BCUT2D eigenvalue weighted by molar-refractivity contribution is 14.1. The predicted octanol–water partition coefficient (Wildman–Crippen LogP) is 4.85. The molecule has 0 saturated heterocycles. The summed E-state index contributed by atoms with van der Waals surface area (Å²) < 4.78 is 53.3. The maximum atomic E-state index is 13.1. The molecule has 0 radical (unpaired) electrons. The molecule has 13 heteroatoms. The Balaban J connectivity index is 2.44. The van der Waals surface area contributed by atoms with Crippen LogP contribution in [0.25, 0.3) is 0 Å². The Hall–Kier alpha value is -3.25. The van der Waals surface area contributed by atoms with Crippen molar-refractivity contribution in [1.82, 2.24) is 0 Å². The van der Waals surface area contributed by atoms with Crippen LogP contribution in [0.1, 0.15) is 11.5 Å². The number of benzene rings is 2. The van der Waals surface area contributed by atoms with Gasteiger partial charge in [0.05, 0.1) is 46.6 Å². The van der Waals surface area contributed by atoms with E-state index in [1.165, 1.54) is 0 Å². The lowest BCUT2D eigenvalue weighted by Gasteiger charge is -2.36. The fraction of sp³-hybridized carbons (Fsp3) is 0.174. The highest BCUT2D eigenvalue weighted by atomic mass is 127. The average Bonchev–Trinajstić information content (AvgIpc) is 2.84. The van der Waals surface area contributed by atoms with Gasteiger partial charge in [-0.05, 0) is 50.2 Å². The third-order valence-corrected chi connectivity index (χ3v) is 7.57. The van der Waals surface area contributed by atoms with Crippen LogP contribution in [0.4, 0.5) is 18.9 Å². The van der Waals surface area contributed by atoms with Crippen molar-refractivity contribution in [2.75, 3.05) is 19.1 Å². The van der Waals surface area contributed by atoms with Gasteiger partial charge in [-0.2, -0.15) is 5.26 Å². The highest BCUT2D eigenvalue weighted by Gasteiger charge is 2.44. The molecule has 188 valence electrons. The van der Waals surface area contributed by atoms with E-state index >= 15 is 0 Å². The molecule has 0 saturated carbocycles. The van der Waals surface area contributed by atoms with Gasteiger partial charge in [-0.1, -0.05) is 30.3 Å². The van der Waals surface area contributed by atoms with Crippen LogP contribution in [-0.2, 0) is 19.1 Å². The number of carbonyl (C=O) groups is 2. The molecule has 1 atom stereocenters. The Kier molecular flexibility index (Phi) is 8.19. The number of nitriles is 1. The number of anilines is 1. The summed E-state index contributed by atoms with van der Waals surface area (Å²) in [7, 11) is 2.15. The first-order chi connectivity index (χ1) is 16.9. The lowest BCUT2D eigenvalue weighted by atomic mass is 9.81. The van der Waals surface area contributed by atoms with Gasteiger partial charge in [-0.25, -0.2) is 9.59 Å². The molecule has 2 aromatic rings. The molecule has 0 bridgehead atoms. The van der Waals surface area contributed by atoms with Gasteiger partial charge >= 0.3 is 18.3 Å². The standard InChI is InChI=1S/C23H16BrF3IN3O5/c1-34-21(32)17-16(11-6-4-3-5-7-11)13(10-29)20(30)31(19(17)22(33)35-2)15-9-12(36-23(25,26)27)8-14(24)18(15)28/h3-9,16H,30H2,1-2H3. The summed E-state index contributed by atoms with van der Waals surface area (Å²) in [6.07, 6.45) is -5.01. The Morgan fingerprint density at radius 1 is 1.14 bits per heavy atom. The molecule has 1 aliphatic heterocycles. The zero-order valence-corrected chi connectivity index (χ0v) is 22.3. The van der Waals surface area contributed by atoms with E-state index in [9.17, 15) is 28.0 Å². The normalized spacial score (nSPS) is 15.9. The zero-order valence-electron chi connectivity index (χ0n) is 18.5. The molecular weight excluding hydrogens is 662 g/mol. The van der Waals surface area contributed by atoms with Crippen molar-refractivity contribution in [1.29, 1.82) is 5.26 Å². The van der Waals surface area contributed by atoms with E-state index in [4.69, 9.17) is 15.2 Å². The van der Waals surface area contributed by atoms with Gasteiger partial charge in [0.15, 0.2) is 0 Å². The van der Waals surface area contributed by atoms with Gasteiger partial charge in [0.2, 0.25) is 0 Å². The second-order valence-electron chi connectivity index (χ2n) is 7.12. The molecule has 0 aromatic heterocycles. The predicted molar refractivity (Wildman–Crippen MR) is 133 cm³/mol. The number of ether oxygens (including phenoxy) is 3. The Labute approximate surface area is 225 Å². The van der Waals surface area contributed by atoms with E-state index in [2.05, 4.69) is 20.7 Å².